The lowest BCUT2D eigenvalue weighted by Gasteiger charge is -2.34. The Balaban J connectivity index is 1.45. The molecule has 0 aliphatic carbocycles. The molecule has 5 nitrogen and oxygen atoms in total. The maximum Gasteiger partial charge on any atom is 0.158 e. The monoisotopic (exact) mass is 430 g/mol. The number of piperidine rings is 1. The van der Waals surface area contributed by atoms with Crippen LogP contribution in [0.3, 0.4) is 0 Å². The van der Waals surface area contributed by atoms with E-state index in [-0.39, 0.29) is 0 Å². The van der Waals surface area contributed by atoms with E-state index in [1.54, 1.807) is 18.4 Å². The first kappa shape index (κ1) is 20.0. The normalized spacial score (nSPS) is 14.8. The van der Waals surface area contributed by atoms with Crippen LogP contribution in [0.15, 0.2) is 66.0 Å². The minimum Gasteiger partial charge on any atom is -0.382 e. The highest BCUT2D eigenvalue weighted by molar-refractivity contribution is 7.17. The number of benzene rings is 2. The maximum absolute atomic E-state index is 5.35. The highest BCUT2D eigenvalue weighted by Gasteiger charge is 2.24. The van der Waals surface area contributed by atoms with Gasteiger partial charge in [-0.05, 0) is 30.5 Å². The number of ether oxygens (including phenoxy) is 1. The Morgan fingerprint density at radius 1 is 1.00 bits per heavy atom. The van der Waals surface area contributed by atoms with E-state index >= 15 is 0 Å². The minimum atomic E-state index is 0.424. The summed E-state index contributed by atoms with van der Waals surface area (Å²) >= 11 is 1.68. The Labute approximate surface area is 186 Å². The quantitative estimate of drug-likeness (QED) is 0.432. The van der Waals surface area contributed by atoms with E-state index in [4.69, 9.17) is 14.7 Å². The number of para-hydroxylation sites is 1. The predicted molar refractivity (Wildman–Crippen MR) is 129 cm³/mol. The summed E-state index contributed by atoms with van der Waals surface area (Å²) in [5, 5.41) is 7.04. The molecule has 1 aliphatic heterocycles. The molecule has 6 heteroatoms. The number of nitrogens with zero attached hydrogens (tertiary/aromatic N) is 3. The molecule has 1 fully saturated rings. The van der Waals surface area contributed by atoms with E-state index in [1.807, 2.05) is 0 Å². The van der Waals surface area contributed by atoms with E-state index in [0.717, 1.165) is 47.8 Å². The fourth-order valence-corrected chi connectivity index (χ4v) is 5.19. The molecule has 0 amide bonds. The molecule has 0 bridgehead atoms. The molecule has 2 aromatic carbocycles. The largest absolute Gasteiger partial charge is 0.382 e. The van der Waals surface area contributed by atoms with Crippen molar-refractivity contribution in [3.8, 4) is 11.1 Å². The van der Waals surface area contributed by atoms with Gasteiger partial charge in [0.1, 0.15) is 17.3 Å². The minimum absolute atomic E-state index is 0.424. The number of hydrogen-bond acceptors (Lipinski definition) is 6. The number of methoxy groups -OCH3 is 1. The van der Waals surface area contributed by atoms with Crippen molar-refractivity contribution in [2.45, 2.75) is 25.5 Å². The maximum atomic E-state index is 5.35. The third kappa shape index (κ3) is 4.27. The average molecular weight is 431 g/mol. The molecular formula is C25H26N4OS. The zero-order valence-electron chi connectivity index (χ0n) is 17.6. The van der Waals surface area contributed by atoms with Gasteiger partial charge in [-0.3, -0.25) is 0 Å². The SMILES string of the molecule is COCc1nc(N2CCC(Nc3ccccc3)CC2)c2c(-c3ccccc3)csc2n1. The van der Waals surface area contributed by atoms with Gasteiger partial charge >= 0.3 is 0 Å². The van der Waals surface area contributed by atoms with Gasteiger partial charge in [-0.2, -0.15) is 0 Å². The molecule has 3 heterocycles. The van der Waals surface area contributed by atoms with Crippen LogP contribution in [-0.4, -0.2) is 36.2 Å². The number of rotatable bonds is 6. The summed E-state index contributed by atoms with van der Waals surface area (Å²) < 4.78 is 5.35. The van der Waals surface area contributed by atoms with Crippen molar-refractivity contribution >= 4 is 33.1 Å². The van der Waals surface area contributed by atoms with Crippen LogP contribution in [0.4, 0.5) is 11.5 Å². The topological polar surface area (TPSA) is 50.3 Å². The zero-order chi connectivity index (χ0) is 21.0. The molecule has 1 aliphatic rings. The van der Waals surface area contributed by atoms with Crippen molar-refractivity contribution in [3.63, 3.8) is 0 Å². The lowest BCUT2D eigenvalue weighted by molar-refractivity contribution is 0.178. The van der Waals surface area contributed by atoms with E-state index in [0.29, 0.717) is 12.6 Å². The Morgan fingerprint density at radius 2 is 1.71 bits per heavy atom. The number of hydrogen-bond donors (Lipinski definition) is 1. The molecular weight excluding hydrogens is 404 g/mol. The summed E-state index contributed by atoms with van der Waals surface area (Å²) in [4.78, 5) is 13.2. The zero-order valence-corrected chi connectivity index (χ0v) is 18.4. The van der Waals surface area contributed by atoms with Crippen LogP contribution in [0.25, 0.3) is 21.3 Å². The van der Waals surface area contributed by atoms with Gasteiger partial charge in [0.05, 0.1) is 5.39 Å². The molecule has 4 aromatic rings. The van der Waals surface area contributed by atoms with Gasteiger partial charge in [-0.15, -0.1) is 11.3 Å². The van der Waals surface area contributed by atoms with Crippen molar-refractivity contribution in [1.82, 2.24) is 9.97 Å². The van der Waals surface area contributed by atoms with Crippen molar-refractivity contribution in [3.05, 3.63) is 71.9 Å². The number of nitrogens with one attached hydrogen (secondary N) is 1. The molecule has 2 aromatic heterocycles. The fourth-order valence-electron chi connectivity index (χ4n) is 4.22. The van der Waals surface area contributed by atoms with Crippen LogP contribution in [0.2, 0.25) is 0 Å². The summed E-state index contributed by atoms with van der Waals surface area (Å²) in [6, 6.07) is 21.5. The Morgan fingerprint density at radius 3 is 2.42 bits per heavy atom. The number of thiophene rings is 1. The van der Waals surface area contributed by atoms with Crippen LogP contribution in [0, 0.1) is 0 Å². The first-order valence-corrected chi connectivity index (χ1v) is 11.6. The Bertz CT molecular complexity index is 1140. The second-order valence-electron chi connectivity index (χ2n) is 7.86. The van der Waals surface area contributed by atoms with Crippen LogP contribution in [0.1, 0.15) is 18.7 Å². The lowest BCUT2D eigenvalue weighted by atomic mass is 10.0. The highest BCUT2D eigenvalue weighted by atomic mass is 32.1. The average Bonchev–Trinajstić information content (AvgIpc) is 3.25. The Kier molecular flexibility index (Phi) is 5.82. The predicted octanol–water partition coefficient (Wildman–Crippen LogP) is 5.59. The molecule has 1 N–H and O–H groups in total. The van der Waals surface area contributed by atoms with Gasteiger partial charge in [0.15, 0.2) is 5.82 Å². The van der Waals surface area contributed by atoms with Gasteiger partial charge in [-0.1, -0.05) is 48.5 Å². The third-order valence-corrected chi connectivity index (χ3v) is 6.63. The molecule has 1 saturated heterocycles. The van der Waals surface area contributed by atoms with Crippen molar-refractivity contribution in [1.29, 1.82) is 0 Å². The second kappa shape index (κ2) is 9.04. The van der Waals surface area contributed by atoms with Gasteiger partial charge in [0.25, 0.3) is 0 Å². The molecule has 0 radical (unpaired) electrons. The standard InChI is InChI=1S/C25H26N4OS/c1-30-16-22-27-24(23-21(17-31-25(23)28-22)18-8-4-2-5-9-18)29-14-12-20(13-15-29)26-19-10-6-3-7-11-19/h2-11,17,20,26H,12-16H2,1H3. The van der Waals surface area contributed by atoms with Crippen molar-refractivity contribution in [2.75, 3.05) is 30.4 Å². The van der Waals surface area contributed by atoms with Crippen LogP contribution < -0.4 is 10.2 Å². The van der Waals surface area contributed by atoms with Gasteiger partial charge < -0.3 is 15.0 Å². The number of aromatic nitrogens is 2. The smallest absolute Gasteiger partial charge is 0.158 e. The summed E-state index contributed by atoms with van der Waals surface area (Å²) in [5.74, 6) is 1.78. The van der Waals surface area contributed by atoms with E-state index in [9.17, 15) is 0 Å². The summed E-state index contributed by atoms with van der Waals surface area (Å²) in [7, 11) is 1.69. The summed E-state index contributed by atoms with van der Waals surface area (Å²) in [6.45, 7) is 2.35. The molecule has 0 atom stereocenters. The molecule has 0 spiro atoms. The first-order chi connectivity index (χ1) is 15.3. The Hall–Kier alpha value is -2.96. The van der Waals surface area contributed by atoms with Gasteiger partial charge in [-0.25, -0.2) is 9.97 Å². The van der Waals surface area contributed by atoms with Gasteiger partial charge in [0, 0.05) is 42.9 Å². The molecule has 0 unspecified atom stereocenters. The second-order valence-corrected chi connectivity index (χ2v) is 8.72. The van der Waals surface area contributed by atoms with Crippen LogP contribution >= 0.6 is 11.3 Å². The molecule has 158 valence electrons. The molecule has 31 heavy (non-hydrogen) atoms. The van der Waals surface area contributed by atoms with E-state index < -0.39 is 0 Å². The van der Waals surface area contributed by atoms with Gasteiger partial charge in [0.2, 0.25) is 0 Å². The summed E-state index contributed by atoms with van der Waals surface area (Å²) in [5.41, 5.74) is 3.61. The third-order valence-electron chi connectivity index (χ3n) is 5.76. The number of anilines is 2. The van der Waals surface area contributed by atoms with Crippen molar-refractivity contribution in [2.24, 2.45) is 0 Å². The highest BCUT2D eigenvalue weighted by Crippen LogP contribution is 2.39. The van der Waals surface area contributed by atoms with E-state index in [1.165, 1.54) is 16.8 Å². The van der Waals surface area contributed by atoms with Crippen LogP contribution in [0.5, 0.6) is 0 Å². The fraction of sp³-hybridized carbons (Fsp3) is 0.280. The van der Waals surface area contributed by atoms with Crippen molar-refractivity contribution < 1.29 is 4.74 Å². The van der Waals surface area contributed by atoms with E-state index in [2.05, 4.69) is 76.3 Å². The lowest BCUT2D eigenvalue weighted by Crippen LogP contribution is -2.39. The first-order valence-electron chi connectivity index (χ1n) is 10.7. The molecule has 0 saturated carbocycles. The summed E-state index contributed by atoms with van der Waals surface area (Å²) in [6.07, 6.45) is 2.15. The van der Waals surface area contributed by atoms with Crippen LogP contribution in [-0.2, 0) is 11.3 Å². The molecule has 5 rings (SSSR count). The number of fused-ring (bicyclic) bond motifs is 1.